The zero-order valence-corrected chi connectivity index (χ0v) is 15.4. The van der Waals surface area contributed by atoms with E-state index in [0.29, 0.717) is 6.61 Å². The molecule has 0 fully saturated rings. The summed E-state index contributed by atoms with van der Waals surface area (Å²) in [5.41, 5.74) is 6.89. The number of hydrogen-bond acceptors (Lipinski definition) is 2. The minimum Gasteiger partial charge on any atom is -0.489 e. The lowest BCUT2D eigenvalue weighted by atomic mass is 10.0. The second-order valence-electron chi connectivity index (χ2n) is 6.69. The number of H-pyrrole nitrogens is 1. The summed E-state index contributed by atoms with van der Waals surface area (Å²) in [7, 11) is 0. The topological polar surface area (TPSA) is 37.9 Å². The van der Waals surface area contributed by atoms with Crippen molar-refractivity contribution in [1.82, 2.24) is 10.2 Å². The van der Waals surface area contributed by atoms with Crippen molar-refractivity contribution in [3.05, 3.63) is 107 Å². The van der Waals surface area contributed by atoms with E-state index >= 15 is 0 Å². The first-order valence-electron chi connectivity index (χ1n) is 9.14. The van der Waals surface area contributed by atoms with Crippen molar-refractivity contribution in [2.75, 3.05) is 0 Å². The Morgan fingerprint density at radius 3 is 2.33 bits per heavy atom. The number of aromatic nitrogens is 2. The summed E-state index contributed by atoms with van der Waals surface area (Å²) in [6.45, 7) is 2.69. The van der Waals surface area contributed by atoms with Crippen LogP contribution in [0.2, 0.25) is 0 Å². The third-order valence-electron chi connectivity index (χ3n) is 4.62. The zero-order chi connectivity index (χ0) is 18.5. The summed E-state index contributed by atoms with van der Waals surface area (Å²) in [4.78, 5) is 0. The average Bonchev–Trinajstić information content (AvgIpc) is 3.17. The van der Waals surface area contributed by atoms with E-state index in [1.807, 2.05) is 42.5 Å². The number of ether oxygens (including phenoxy) is 1. The lowest BCUT2D eigenvalue weighted by Gasteiger charge is -2.07. The van der Waals surface area contributed by atoms with Crippen molar-refractivity contribution in [2.45, 2.75) is 20.0 Å². The van der Waals surface area contributed by atoms with Crippen LogP contribution in [0, 0.1) is 6.92 Å². The molecule has 0 atom stereocenters. The third-order valence-corrected chi connectivity index (χ3v) is 4.62. The van der Waals surface area contributed by atoms with Gasteiger partial charge in [-0.25, -0.2) is 0 Å². The van der Waals surface area contributed by atoms with Crippen LogP contribution in [0.1, 0.15) is 22.4 Å². The molecule has 134 valence electrons. The van der Waals surface area contributed by atoms with Gasteiger partial charge in [-0.1, -0.05) is 66.7 Å². The first kappa shape index (κ1) is 17.1. The SMILES string of the molecule is Cc1ccccc1-c1cc(Cc2ccc(OCc3ccccc3)cc2)[nH]n1. The quantitative estimate of drug-likeness (QED) is 0.492. The molecule has 0 spiro atoms. The second-order valence-corrected chi connectivity index (χ2v) is 6.69. The van der Waals surface area contributed by atoms with Crippen LogP contribution >= 0.6 is 0 Å². The van der Waals surface area contributed by atoms with Crippen LogP contribution in [0.3, 0.4) is 0 Å². The van der Waals surface area contributed by atoms with Gasteiger partial charge in [-0.2, -0.15) is 5.10 Å². The van der Waals surface area contributed by atoms with Crippen LogP contribution in [-0.4, -0.2) is 10.2 Å². The fourth-order valence-electron chi connectivity index (χ4n) is 3.11. The molecule has 1 aromatic heterocycles. The Balaban J connectivity index is 1.39. The third kappa shape index (κ3) is 4.26. The zero-order valence-electron chi connectivity index (χ0n) is 15.4. The first-order valence-corrected chi connectivity index (χ1v) is 9.14. The number of rotatable bonds is 6. The van der Waals surface area contributed by atoms with Gasteiger partial charge in [0, 0.05) is 17.7 Å². The molecule has 0 saturated carbocycles. The minimum absolute atomic E-state index is 0.584. The predicted octanol–water partition coefficient (Wildman–Crippen LogP) is 5.55. The van der Waals surface area contributed by atoms with E-state index in [4.69, 9.17) is 4.74 Å². The molecule has 1 N–H and O–H groups in total. The molecular weight excluding hydrogens is 332 g/mol. The van der Waals surface area contributed by atoms with E-state index in [0.717, 1.165) is 23.6 Å². The molecule has 0 bridgehead atoms. The maximum Gasteiger partial charge on any atom is 0.119 e. The minimum atomic E-state index is 0.584. The normalized spacial score (nSPS) is 10.7. The maximum atomic E-state index is 5.85. The highest BCUT2D eigenvalue weighted by Crippen LogP contribution is 2.23. The Bertz CT molecular complexity index is 1000. The van der Waals surface area contributed by atoms with Gasteiger partial charge in [-0.05, 0) is 41.8 Å². The highest BCUT2D eigenvalue weighted by atomic mass is 16.5. The van der Waals surface area contributed by atoms with Gasteiger partial charge in [-0.3, -0.25) is 5.10 Å². The van der Waals surface area contributed by atoms with Gasteiger partial charge in [0.05, 0.1) is 5.69 Å². The maximum absolute atomic E-state index is 5.85. The summed E-state index contributed by atoms with van der Waals surface area (Å²) in [6, 6.07) is 28.9. The second kappa shape index (κ2) is 7.92. The van der Waals surface area contributed by atoms with E-state index in [1.54, 1.807) is 0 Å². The van der Waals surface area contributed by atoms with Crippen LogP contribution < -0.4 is 4.74 Å². The fraction of sp³-hybridized carbons (Fsp3) is 0.125. The molecule has 3 aromatic carbocycles. The van der Waals surface area contributed by atoms with Crippen LogP contribution in [0.25, 0.3) is 11.3 Å². The molecule has 27 heavy (non-hydrogen) atoms. The van der Waals surface area contributed by atoms with Crippen LogP contribution in [0.5, 0.6) is 5.75 Å². The molecule has 0 unspecified atom stereocenters. The molecule has 0 aliphatic carbocycles. The molecular formula is C24H22N2O. The van der Waals surface area contributed by atoms with Crippen LogP contribution in [-0.2, 0) is 13.0 Å². The number of benzene rings is 3. The molecule has 0 radical (unpaired) electrons. The fourth-order valence-corrected chi connectivity index (χ4v) is 3.11. The van der Waals surface area contributed by atoms with Gasteiger partial charge < -0.3 is 4.74 Å². The first-order chi connectivity index (χ1) is 13.3. The number of aromatic amines is 1. The molecule has 1 heterocycles. The summed E-state index contributed by atoms with van der Waals surface area (Å²) < 4.78 is 5.85. The molecule has 3 heteroatoms. The molecule has 0 amide bonds. The van der Waals surface area contributed by atoms with E-state index in [2.05, 4.69) is 59.6 Å². The largest absolute Gasteiger partial charge is 0.489 e. The van der Waals surface area contributed by atoms with Gasteiger partial charge >= 0.3 is 0 Å². The van der Waals surface area contributed by atoms with Gasteiger partial charge in [0.25, 0.3) is 0 Å². The lowest BCUT2D eigenvalue weighted by Crippen LogP contribution is -1.95. The monoisotopic (exact) mass is 354 g/mol. The van der Waals surface area contributed by atoms with Crippen molar-refractivity contribution in [3.8, 4) is 17.0 Å². The summed E-state index contributed by atoms with van der Waals surface area (Å²) in [5.74, 6) is 0.882. The van der Waals surface area contributed by atoms with E-state index < -0.39 is 0 Å². The van der Waals surface area contributed by atoms with Crippen molar-refractivity contribution in [2.24, 2.45) is 0 Å². The summed E-state index contributed by atoms with van der Waals surface area (Å²) in [5, 5.41) is 7.63. The molecule has 0 aliphatic heterocycles. The summed E-state index contributed by atoms with van der Waals surface area (Å²) in [6.07, 6.45) is 0.817. The Kier molecular flexibility index (Phi) is 5.01. The Morgan fingerprint density at radius 2 is 1.56 bits per heavy atom. The number of aryl methyl sites for hydroxylation is 1. The Hall–Kier alpha value is -3.33. The number of hydrogen-bond donors (Lipinski definition) is 1. The van der Waals surface area contributed by atoms with E-state index in [9.17, 15) is 0 Å². The van der Waals surface area contributed by atoms with Crippen LogP contribution in [0.4, 0.5) is 0 Å². The molecule has 0 saturated heterocycles. The van der Waals surface area contributed by atoms with Crippen LogP contribution in [0.15, 0.2) is 84.9 Å². The van der Waals surface area contributed by atoms with E-state index in [-0.39, 0.29) is 0 Å². The Morgan fingerprint density at radius 1 is 0.815 bits per heavy atom. The average molecular weight is 354 g/mol. The number of nitrogens with one attached hydrogen (secondary N) is 1. The predicted molar refractivity (Wildman–Crippen MR) is 109 cm³/mol. The lowest BCUT2D eigenvalue weighted by molar-refractivity contribution is 0.306. The van der Waals surface area contributed by atoms with Crippen molar-refractivity contribution < 1.29 is 4.74 Å². The smallest absolute Gasteiger partial charge is 0.119 e. The van der Waals surface area contributed by atoms with Crippen molar-refractivity contribution in [3.63, 3.8) is 0 Å². The van der Waals surface area contributed by atoms with Crippen molar-refractivity contribution in [1.29, 1.82) is 0 Å². The highest BCUT2D eigenvalue weighted by Gasteiger charge is 2.07. The molecule has 3 nitrogen and oxygen atoms in total. The standard InChI is InChI=1S/C24H22N2O/c1-18-7-5-6-10-23(18)24-16-21(25-26-24)15-19-11-13-22(14-12-19)27-17-20-8-3-2-4-9-20/h2-14,16H,15,17H2,1H3,(H,25,26). The molecule has 4 aromatic rings. The van der Waals surface area contributed by atoms with E-state index in [1.165, 1.54) is 22.3 Å². The summed E-state index contributed by atoms with van der Waals surface area (Å²) >= 11 is 0. The Labute approximate surface area is 159 Å². The molecule has 4 rings (SSSR count). The van der Waals surface area contributed by atoms with Gasteiger partial charge in [0.15, 0.2) is 0 Å². The van der Waals surface area contributed by atoms with Gasteiger partial charge in [0.2, 0.25) is 0 Å². The number of nitrogens with zero attached hydrogens (tertiary/aromatic N) is 1. The van der Waals surface area contributed by atoms with Gasteiger partial charge in [-0.15, -0.1) is 0 Å². The highest BCUT2D eigenvalue weighted by molar-refractivity contribution is 5.63. The van der Waals surface area contributed by atoms with Gasteiger partial charge in [0.1, 0.15) is 12.4 Å². The van der Waals surface area contributed by atoms with Crippen molar-refractivity contribution >= 4 is 0 Å². The molecule has 0 aliphatic rings.